The van der Waals surface area contributed by atoms with E-state index >= 15 is 0 Å². The summed E-state index contributed by atoms with van der Waals surface area (Å²) >= 11 is 0. The maximum Gasteiger partial charge on any atom is 0.290 e. The molecule has 0 radical (unpaired) electrons. The molecule has 1 heterocycles. The van der Waals surface area contributed by atoms with Gasteiger partial charge in [0.2, 0.25) is 15.8 Å². The van der Waals surface area contributed by atoms with Gasteiger partial charge in [0, 0.05) is 13.0 Å². The molecular weight excluding hydrogens is 466 g/mol. The Kier molecular flexibility index (Phi) is 7.23. The molecule has 0 aliphatic heterocycles. The van der Waals surface area contributed by atoms with Gasteiger partial charge in [-0.25, -0.2) is 23.2 Å². The zero-order valence-electron chi connectivity index (χ0n) is 19.1. The summed E-state index contributed by atoms with van der Waals surface area (Å²) < 4.78 is 30.0. The molecule has 3 N–H and O–H groups in total. The van der Waals surface area contributed by atoms with Gasteiger partial charge in [-0.1, -0.05) is 42.5 Å². The molecule has 0 atom stereocenters. The van der Waals surface area contributed by atoms with Gasteiger partial charge in [-0.2, -0.15) is 0 Å². The summed E-state index contributed by atoms with van der Waals surface area (Å²) in [5, 5.41) is 12.5. The molecule has 0 fully saturated rings. The number of primary sulfonamides is 1. The smallest absolute Gasteiger partial charge is 0.290 e. The van der Waals surface area contributed by atoms with Gasteiger partial charge in [0.15, 0.2) is 0 Å². The number of amides is 1. The highest BCUT2D eigenvalue weighted by atomic mass is 32.2. The lowest BCUT2D eigenvalue weighted by Crippen LogP contribution is -2.27. The van der Waals surface area contributed by atoms with Crippen LogP contribution in [-0.2, 0) is 22.9 Å². The maximum atomic E-state index is 12.8. The molecule has 3 aromatic carbocycles. The third-order valence-corrected chi connectivity index (χ3v) is 6.25. The number of hydrogen-bond donors (Lipinski definition) is 2. The Hall–Kier alpha value is -4.02. The molecule has 9 nitrogen and oxygen atoms in total. The first-order chi connectivity index (χ1) is 16.8. The Morgan fingerprint density at radius 2 is 1.71 bits per heavy atom. The van der Waals surface area contributed by atoms with Gasteiger partial charge in [-0.15, -0.1) is 5.10 Å². The summed E-state index contributed by atoms with van der Waals surface area (Å²) in [6, 6.07) is 23.3. The van der Waals surface area contributed by atoms with Crippen molar-refractivity contribution in [1.82, 2.24) is 20.1 Å². The fourth-order valence-electron chi connectivity index (χ4n) is 3.54. The fraction of sp³-hybridized carbons (Fsp3) is 0.160. The lowest BCUT2D eigenvalue weighted by Gasteiger charge is -2.07. The number of ether oxygens (including phenoxy) is 1. The summed E-state index contributed by atoms with van der Waals surface area (Å²) in [7, 11) is -2.21. The van der Waals surface area contributed by atoms with E-state index < -0.39 is 15.9 Å². The Balaban J connectivity index is 1.55. The lowest BCUT2D eigenvalue weighted by atomic mass is 10.1. The Labute approximate surface area is 203 Å². The van der Waals surface area contributed by atoms with Crippen LogP contribution >= 0.6 is 0 Å². The largest absolute Gasteiger partial charge is 0.497 e. The second-order valence-corrected chi connectivity index (χ2v) is 9.38. The van der Waals surface area contributed by atoms with Crippen LogP contribution in [-0.4, -0.2) is 42.7 Å². The van der Waals surface area contributed by atoms with Gasteiger partial charge < -0.3 is 10.1 Å². The highest BCUT2D eigenvalue weighted by molar-refractivity contribution is 7.89. The number of carbonyl (C=O) groups excluding carboxylic acids is 1. The monoisotopic (exact) mass is 491 g/mol. The van der Waals surface area contributed by atoms with E-state index in [9.17, 15) is 13.2 Å². The van der Waals surface area contributed by atoms with Crippen molar-refractivity contribution in [1.29, 1.82) is 0 Å². The van der Waals surface area contributed by atoms with E-state index in [0.717, 1.165) is 16.9 Å². The molecule has 0 unspecified atom stereocenters. The summed E-state index contributed by atoms with van der Waals surface area (Å²) in [5.41, 5.74) is 2.58. The van der Waals surface area contributed by atoms with Gasteiger partial charge in [0.25, 0.3) is 5.91 Å². The second-order valence-electron chi connectivity index (χ2n) is 7.82. The van der Waals surface area contributed by atoms with Crippen LogP contribution in [0.15, 0.2) is 83.8 Å². The highest BCUT2D eigenvalue weighted by Crippen LogP contribution is 2.17. The van der Waals surface area contributed by atoms with Gasteiger partial charge in [-0.3, -0.25) is 4.79 Å². The predicted octanol–water partition coefficient (Wildman–Crippen LogP) is 2.49. The van der Waals surface area contributed by atoms with E-state index in [1.165, 1.54) is 16.8 Å². The average Bonchev–Trinajstić information content (AvgIpc) is 3.28. The van der Waals surface area contributed by atoms with Crippen molar-refractivity contribution >= 4 is 15.9 Å². The second kappa shape index (κ2) is 10.5. The molecule has 4 aromatic rings. The van der Waals surface area contributed by atoms with E-state index in [-0.39, 0.29) is 10.7 Å². The van der Waals surface area contributed by atoms with Crippen LogP contribution in [0.4, 0.5) is 0 Å². The molecule has 1 amide bonds. The van der Waals surface area contributed by atoms with Gasteiger partial charge in [0.05, 0.1) is 17.7 Å². The number of hydrogen-bond acceptors (Lipinski definition) is 6. The zero-order chi connectivity index (χ0) is 24.8. The molecule has 0 bridgehead atoms. The number of sulfonamides is 1. The predicted molar refractivity (Wildman–Crippen MR) is 131 cm³/mol. The van der Waals surface area contributed by atoms with Crippen molar-refractivity contribution in [3.63, 3.8) is 0 Å². The van der Waals surface area contributed by atoms with Gasteiger partial charge >= 0.3 is 0 Å². The van der Waals surface area contributed by atoms with Crippen LogP contribution in [0.2, 0.25) is 0 Å². The van der Waals surface area contributed by atoms with Crippen LogP contribution in [0.1, 0.15) is 27.6 Å². The summed E-state index contributed by atoms with van der Waals surface area (Å²) in [4.78, 5) is 17.3. The number of rotatable bonds is 9. The Bertz CT molecular complexity index is 1420. The van der Waals surface area contributed by atoms with Gasteiger partial charge in [0.1, 0.15) is 11.6 Å². The number of carbonyl (C=O) groups is 1. The Morgan fingerprint density at radius 3 is 2.40 bits per heavy atom. The molecule has 1 aromatic heterocycles. The standard InChI is InChI=1S/C25H25N5O4S/c1-34-21-9-5-8-19(16-21)14-15-27-25(31)24-28-23(17-18-6-3-2-4-7-18)30(29-24)20-10-12-22(13-11-20)35(26,32)33/h2-13,16H,14-15,17H2,1H3,(H,27,31)(H2,26,32,33). The molecule has 35 heavy (non-hydrogen) atoms. The number of benzene rings is 3. The number of methoxy groups -OCH3 is 1. The van der Waals surface area contributed by atoms with Crippen LogP contribution in [0, 0.1) is 0 Å². The van der Waals surface area contributed by atoms with E-state index in [2.05, 4.69) is 15.4 Å². The lowest BCUT2D eigenvalue weighted by molar-refractivity contribution is 0.0943. The molecule has 0 saturated carbocycles. The molecule has 0 aliphatic carbocycles. The van der Waals surface area contributed by atoms with Crippen molar-refractivity contribution in [3.8, 4) is 11.4 Å². The third kappa shape index (κ3) is 6.11. The molecule has 4 rings (SSSR count). The van der Waals surface area contributed by atoms with Crippen molar-refractivity contribution in [2.75, 3.05) is 13.7 Å². The molecular formula is C25H25N5O4S. The highest BCUT2D eigenvalue weighted by Gasteiger charge is 2.18. The number of nitrogens with one attached hydrogen (secondary N) is 1. The molecule has 0 aliphatic rings. The Morgan fingerprint density at radius 1 is 1.00 bits per heavy atom. The first kappa shape index (κ1) is 24.1. The van der Waals surface area contributed by atoms with Crippen molar-refractivity contribution in [3.05, 3.63) is 102 Å². The first-order valence-electron chi connectivity index (χ1n) is 10.9. The van der Waals surface area contributed by atoms with Crippen molar-refractivity contribution in [2.24, 2.45) is 5.14 Å². The van der Waals surface area contributed by atoms with Crippen LogP contribution in [0.3, 0.4) is 0 Å². The zero-order valence-corrected chi connectivity index (χ0v) is 19.9. The van der Waals surface area contributed by atoms with E-state index in [1.54, 1.807) is 19.2 Å². The average molecular weight is 492 g/mol. The van der Waals surface area contributed by atoms with E-state index in [0.29, 0.717) is 30.9 Å². The topological polar surface area (TPSA) is 129 Å². The number of nitrogens with zero attached hydrogens (tertiary/aromatic N) is 3. The van der Waals surface area contributed by atoms with Crippen LogP contribution in [0.25, 0.3) is 5.69 Å². The molecule has 10 heteroatoms. The number of nitrogens with two attached hydrogens (primary N) is 1. The maximum absolute atomic E-state index is 12.8. The first-order valence-corrected chi connectivity index (χ1v) is 12.4. The minimum Gasteiger partial charge on any atom is -0.497 e. The number of aromatic nitrogens is 3. The molecule has 0 saturated heterocycles. The van der Waals surface area contributed by atoms with E-state index in [1.807, 2.05) is 54.6 Å². The molecule has 180 valence electrons. The van der Waals surface area contributed by atoms with E-state index in [4.69, 9.17) is 9.88 Å². The fourth-order valence-corrected chi connectivity index (χ4v) is 4.06. The minimum atomic E-state index is -3.82. The SMILES string of the molecule is COc1cccc(CCNC(=O)c2nc(Cc3ccccc3)n(-c3ccc(S(N)(=O)=O)cc3)n2)c1. The minimum absolute atomic E-state index is 0.0125. The quantitative estimate of drug-likeness (QED) is 0.370. The molecule has 0 spiro atoms. The van der Waals surface area contributed by atoms with Crippen LogP contribution < -0.4 is 15.2 Å². The van der Waals surface area contributed by atoms with Crippen LogP contribution in [0.5, 0.6) is 5.75 Å². The normalized spacial score (nSPS) is 11.3. The summed E-state index contributed by atoms with van der Waals surface area (Å²) in [6.07, 6.45) is 1.05. The van der Waals surface area contributed by atoms with Gasteiger partial charge in [-0.05, 0) is 53.9 Å². The van der Waals surface area contributed by atoms with Crippen molar-refractivity contribution in [2.45, 2.75) is 17.7 Å². The van der Waals surface area contributed by atoms with Crippen molar-refractivity contribution < 1.29 is 17.9 Å². The summed E-state index contributed by atoms with van der Waals surface area (Å²) in [5.74, 6) is 0.921. The summed E-state index contributed by atoms with van der Waals surface area (Å²) in [6.45, 7) is 0.400. The third-order valence-electron chi connectivity index (χ3n) is 5.33.